The molecule has 1 saturated heterocycles. The van der Waals surface area contributed by atoms with Crippen molar-refractivity contribution in [3.8, 4) is 0 Å². The predicted molar refractivity (Wildman–Crippen MR) is 272 cm³/mol. The number of carbonyl (C=O) groups excluding carboxylic acids is 7. The number of rotatable bonds is 42. The van der Waals surface area contributed by atoms with Crippen LogP contribution in [0.5, 0.6) is 0 Å². The van der Waals surface area contributed by atoms with Gasteiger partial charge in [0.1, 0.15) is 54.6 Å². The normalized spacial score (nSPS) is 19.5. The highest BCUT2D eigenvalue weighted by molar-refractivity contribution is 7.80. The molecule has 1 aliphatic rings. The average Bonchev–Trinajstić information content (AvgIpc) is 3.32. The first-order valence-corrected chi connectivity index (χ1v) is 27.3. The molecule has 0 aromatic rings. The van der Waals surface area contributed by atoms with Crippen molar-refractivity contribution in [1.82, 2.24) is 16.0 Å². The van der Waals surface area contributed by atoms with E-state index in [0.29, 0.717) is 6.42 Å². The molecule has 4 amide bonds. The van der Waals surface area contributed by atoms with E-state index in [1.54, 1.807) is 0 Å². The van der Waals surface area contributed by atoms with Crippen LogP contribution in [0.1, 0.15) is 221 Å². The van der Waals surface area contributed by atoms with Gasteiger partial charge in [0.15, 0.2) is 0 Å². The number of ether oxygens (including phenoxy) is 5. The van der Waals surface area contributed by atoms with Gasteiger partial charge in [-0.2, -0.15) is 0 Å². The number of nitrogens with one attached hydrogen (secondary N) is 3. The molecule has 0 aromatic carbocycles. The van der Waals surface area contributed by atoms with Gasteiger partial charge in [0.25, 0.3) is 0 Å². The van der Waals surface area contributed by atoms with Gasteiger partial charge in [-0.3, -0.25) is 33.6 Å². The van der Waals surface area contributed by atoms with Crippen LogP contribution >= 0.6 is 12.6 Å². The van der Waals surface area contributed by atoms with E-state index in [9.17, 15) is 38.7 Å². The number of aliphatic hydroxyl groups is 1. The minimum atomic E-state index is -1.54. The summed E-state index contributed by atoms with van der Waals surface area (Å²) >= 11 is 4.49. The van der Waals surface area contributed by atoms with Crippen LogP contribution in [0.15, 0.2) is 0 Å². The first kappa shape index (κ1) is 64.5. The van der Waals surface area contributed by atoms with Gasteiger partial charge in [-0.15, -0.1) is 12.6 Å². The van der Waals surface area contributed by atoms with Crippen LogP contribution in [-0.2, 0) is 57.2 Å². The topological polar surface area (TPSA) is 248 Å². The quantitative estimate of drug-likeness (QED) is 0.0148. The van der Waals surface area contributed by atoms with Gasteiger partial charge in [0, 0.05) is 19.8 Å². The molecule has 1 heterocycles. The Hall–Kier alpha value is -3.48. The van der Waals surface area contributed by atoms with Crippen molar-refractivity contribution in [2.45, 2.75) is 275 Å². The lowest BCUT2D eigenvalue weighted by Crippen LogP contribution is -2.64. The second kappa shape index (κ2) is 40.1. The zero-order valence-electron chi connectivity index (χ0n) is 43.8. The molecular formula is C52H94N4O13S. The lowest BCUT2D eigenvalue weighted by Gasteiger charge is -2.43. The molecule has 0 spiro atoms. The SMILES string of the molecule is CCCCCCCCCCCCCCCC(=O)O[C@H](CCCCCCCCCCCCC)CC(=O)OC[C@H]1O[C@@H](S)[C@H](NC(C)=O)[C@H](OC(C)C(=O)N[C@@H](C)C(=O)N[C@H](CCC(=O)OC)C(N)=O)[C@@H]1O. The number of aliphatic hydroxyl groups excluding tert-OH is 1. The number of methoxy groups -OCH3 is 1. The monoisotopic (exact) mass is 1010 g/mol. The fourth-order valence-electron chi connectivity index (χ4n) is 8.45. The van der Waals surface area contributed by atoms with Crippen LogP contribution < -0.4 is 21.7 Å². The van der Waals surface area contributed by atoms with Crippen molar-refractivity contribution in [3.05, 3.63) is 0 Å². The van der Waals surface area contributed by atoms with E-state index in [2.05, 4.69) is 47.2 Å². The Morgan fingerprint density at radius 1 is 0.657 bits per heavy atom. The summed E-state index contributed by atoms with van der Waals surface area (Å²) in [5.41, 5.74) is 4.32. The molecule has 406 valence electrons. The lowest BCUT2D eigenvalue weighted by molar-refractivity contribution is -0.204. The Kier molecular flexibility index (Phi) is 36.9. The maximum Gasteiger partial charge on any atom is 0.309 e. The van der Waals surface area contributed by atoms with E-state index in [1.807, 2.05) is 0 Å². The van der Waals surface area contributed by atoms with Crippen LogP contribution in [0, 0.1) is 0 Å². The smallest absolute Gasteiger partial charge is 0.309 e. The largest absolute Gasteiger partial charge is 0.469 e. The molecule has 0 saturated carbocycles. The second-order valence-electron chi connectivity index (χ2n) is 19.1. The highest BCUT2D eigenvalue weighted by Gasteiger charge is 2.47. The summed E-state index contributed by atoms with van der Waals surface area (Å²) in [7, 11) is 1.18. The first-order chi connectivity index (χ1) is 33.5. The minimum Gasteiger partial charge on any atom is -0.469 e. The Bertz CT molecular complexity index is 1490. The van der Waals surface area contributed by atoms with E-state index >= 15 is 0 Å². The van der Waals surface area contributed by atoms with Crippen molar-refractivity contribution < 1.29 is 62.4 Å². The van der Waals surface area contributed by atoms with Gasteiger partial charge in [0.2, 0.25) is 23.6 Å². The van der Waals surface area contributed by atoms with Gasteiger partial charge >= 0.3 is 17.9 Å². The Morgan fingerprint density at radius 2 is 1.16 bits per heavy atom. The van der Waals surface area contributed by atoms with Gasteiger partial charge in [-0.05, 0) is 39.5 Å². The number of thiol groups is 1. The Morgan fingerprint density at radius 3 is 1.64 bits per heavy atom. The first-order valence-electron chi connectivity index (χ1n) is 26.8. The standard InChI is InChI=1S/C52H94N4O13S/c1-7-9-11-13-15-17-19-20-22-24-26-28-30-32-44(59)68-40(31-29-27-25-23-21-18-16-14-12-10-8-2)35-45(60)66-36-42-47(61)48(46(52(70)69-42)55-39(5)57)67-38(4)51(64)54-37(3)50(63)56-41(49(53)62)33-34-43(58)65-6/h37-38,40-42,46-48,52,61,70H,7-36H2,1-6H3,(H2,53,62)(H,54,64)(H,55,57)(H,56,63)/t37-,38?,40+,41+,42+,46+,47+,48-,52-/m0/s1. The van der Waals surface area contributed by atoms with Crippen LogP contribution in [-0.4, -0.2) is 114 Å². The van der Waals surface area contributed by atoms with E-state index in [1.165, 1.54) is 131 Å². The summed E-state index contributed by atoms with van der Waals surface area (Å²) < 4.78 is 28.0. The summed E-state index contributed by atoms with van der Waals surface area (Å²) in [5.74, 6) is -4.52. The van der Waals surface area contributed by atoms with Gasteiger partial charge in [-0.25, -0.2) is 0 Å². The summed E-state index contributed by atoms with van der Waals surface area (Å²) in [4.78, 5) is 88.2. The molecule has 1 rings (SSSR count). The molecule has 1 fully saturated rings. The van der Waals surface area contributed by atoms with E-state index < -0.39 is 96.3 Å². The van der Waals surface area contributed by atoms with Gasteiger partial charge in [-0.1, -0.05) is 155 Å². The Labute approximate surface area is 425 Å². The molecule has 0 bridgehead atoms. The molecule has 6 N–H and O–H groups in total. The minimum absolute atomic E-state index is 0.117. The number of unbranched alkanes of at least 4 members (excludes halogenated alkanes) is 22. The summed E-state index contributed by atoms with van der Waals surface area (Å²) in [6.07, 6.45) is 22.6. The molecule has 9 atom stereocenters. The van der Waals surface area contributed by atoms with E-state index in [0.717, 1.165) is 51.4 Å². The fraction of sp³-hybridized carbons (Fsp3) is 0.865. The number of amides is 4. The molecule has 0 aliphatic carbocycles. The second-order valence-corrected chi connectivity index (χ2v) is 19.7. The molecule has 1 aliphatic heterocycles. The highest BCUT2D eigenvalue weighted by Crippen LogP contribution is 2.28. The third kappa shape index (κ3) is 30.4. The summed E-state index contributed by atoms with van der Waals surface area (Å²) in [5, 5.41) is 19.0. The molecular weight excluding hydrogens is 921 g/mol. The van der Waals surface area contributed by atoms with Gasteiger partial charge in [0.05, 0.1) is 19.6 Å². The van der Waals surface area contributed by atoms with Crippen molar-refractivity contribution in [3.63, 3.8) is 0 Å². The third-order valence-electron chi connectivity index (χ3n) is 12.8. The molecule has 1 unspecified atom stereocenters. The van der Waals surface area contributed by atoms with Crippen molar-refractivity contribution in [2.75, 3.05) is 13.7 Å². The number of carbonyl (C=O) groups is 7. The molecule has 17 nitrogen and oxygen atoms in total. The number of nitrogens with two attached hydrogens (primary N) is 1. The zero-order chi connectivity index (χ0) is 52.1. The maximum absolute atomic E-state index is 13.4. The van der Waals surface area contributed by atoms with Gasteiger partial charge < -0.3 is 50.5 Å². The number of hydrogen-bond donors (Lipinski definition) is 6. The summed E-state index contributed by atoms with van der Waals surface area (Å²) in [6, 6.07) is -3.46. The van der Waals surface area contributed by atoms with E-state index in [-0.39, 0.29) is 31.7 Å². The molecule has 70 heavy (non-hydrogen) atoms. The molecule has 0 radical (unpaired) electrons. The highest BCUT2D eigenvalue weighted by atomic mass is 32.1. The summed E-state index contributed by atoms with van der Waals surface area (Å²) in [6.45, 7) is 8.00. The van der Waals surface area contributed by atoms with Crippen molar-refractivity contribution in [1.29, 1.82) is 0 Å². The van der Waals surface area contributed by atoms with Crippen molar-refractivity contribution in [2.24, 2.45) is 5.73 Å². The molecule has 0 aromatic heterocycles. The Balaban J connectivity index is 2.84. The van der Waals surface area contributed by atoms with Crippen LogP contribution in [0.2, 0.25) is 0 Å². The maximum atomic E-state index is 13.4. The predicted octanol–water partition coefficient (Wildman–Crippen LogP) is 7.74. The van der Waals surface area contributed by atoms with E-state index in [4.69, 9.17) is 24.7 Å². The zero-order valence-corrected chi connectivity index (χ0v) is 44.7. The van der Waals surface area contributed by atoms with Crippen molar-refractivity contribution >= 4 is 54.2 Å². The van der Waals surface area contributed by atoms with Crippen LogP contribution in [0.4, 0.5) is 0 Å². The van der Waals surface area contributed by atoms with Crippen LogP contribution in [0.3, 0.4) is 0 Å². The fourth-order valence-corrected chi connectivity index (χ4v) is 8.85. The lowest BCUT2D eigenvalue weighted by atomic mass is 9.97. The third-order valence-corrected chi connectivity index (χ3v) is 13.2. The average molecular weight is 1020 g/mol. The number of esters is 3. The molecule has 18 heteroatoms. The van der Waals surface area contributed by atoms with Crippen LogP contribution in [0.25, 0.3) is 0 Å². The number of primary amides is 1. The number of hydrogen-bond acceptors (Lipinski definition) is 14.